The highest BCUT2D eigenvalue weighted by atomic mass is 16.5. The molecule has 0 radical (unpaired) electrons. The zero-order valence-electron chi connectivity index (χ0n) is 15.6. The fourth-order valence-corrected chi connectivity index (χ4v) is 3.86. The second-order valence-electron chi connectivity index (χ2n) is 7.11. The van der Waals surface area contributed by atoms with Crippen LogP contribution in [0.4, 0.5) is 0 Å². The summed E-state index contributed by atoms with van der Waals surface area (Å²) in [6, 6.07) is 14.7. The van der Waals surface area contributed by atoms with Gasteiger partial charge < -0.3 is 9.64 Å². The zero-order chi connectivity index (χ0) is 18.0. The number of aryl methyl sites for hydroxylation is 2. The van der Waals surface area contributed by atoms with E-state index in [1.54, 1.807) is 7.11 Å². The summed E-state index contributed by atoms with van der Waals surface area (Å²) < 4.78 is 5.21. The Balaban J connectivity index is 1.82. The predicted molar refractivity (Wildman–Crippen MR) is 101 cm³/mol. The predicted octanol–water partition coefficient (Wildman–Crippen LogP) is 4.78. The molecule has 1 fully saturated rings. The van der Waals surface area contributed by atoms with Gasteiger partial charge in [-0.05, 0) is 56.9 Å². The van der Waals surface area contributed by atoms with E-state index in [4.69, 9.17) is 4.74 Å². The fraction of sp³-hybridized carbons (Fsp3) is 0.409. The summed E-state index contributed by atoms with van der Waals surface area (Å²) in [6.07, 6.45) is 2.11. The van der Waals surface area contributed by atoms with Crippen molar-refractivity contribution < 1.29 is 9.53 Å². The highest BCUT2D eigenvalue weighted by Gasteiger charge is 2.33. The molecule has 132 valence electrons. The molecule has 0 saturated carbocycles. The Morgan fingerprint density at radius 2 is 1.76 bits per heavy atom. The third-order valence-corrected chi connectivity index (χ3v) is 5.15. The van der Waals surface area contributed by atoms with Gasteiger partial charge in [0.05, 0.1) is 19.1 Å². The van der Waals surface area contributed by atoms with Gasteiger partial charge in [-0.3, -0.25) is 4.79 Å². The maximum absolute atomic E-state index is 13.1. The van der Waals surface area contributed by atoms with Gasteiger partial charge in [0.1, 0.15) is 5.75 Å². The molecule has 1 saturated heterocycles. The molecule has 1 heterocycles. The molecule has 3 rings (SSSR count). The van der Waals surface area contributed by atoms with Crippen LogP contribution in [0.3, 0.4) is 0 Å². The van der Waals surface area contributed by atoms with Gasteiger partial charge in [0.2, 0.25) is 5.91 Å². The standard InChI is InChI=1S/C22H27NO2/c1-15-12-16(2)14-19(13-15)21-6-5-11-23(21)22(24)17(3)18-7-9-20(25-4)10-8-18/h7-10,12-14,17,21H,5-6,11H2,1-4H3. The summed E-state index contributed by atoms with van der Waals surface area (Å²) in [5, 5.41) is 0. The molecule has 0 bridgehead atoms. The monoisotopic (exact) mass is 337 g/mol. The van der Waals surface area contributed by atoms with Crippen LogP contribution in [0.2, 0.25) is 0 Å². The largest absolute Gasteiger partial charge is 0.497 e. The third kappa shape index (κ3) is 3.71. The first-order valence-corrected chi connectivity index (χ1v) is 9.02. The summed E-state index contributed by atoms with van der Waals surface area (Å²) in [5.41, 5.74) is 4.83. The molecular weight excluding hydrogens is 310 g/mol. The molecule has 0 spiro atoms. The van der Waals surface area contributed by atoms with Gasteiger partial charge in [-0.25, -0.2) is 0 Å². The van der Waals surface area contributed by atoms with Crippen LogP contribution in [0.5, 0.6) is 5.75 Å². The minimum atomic E-state index is -0.141. The molecule has 1 aliphatic rings. The maximum Gasteiger partial charge on any atom is 0.230 e. The van der Waals surface area contributed by atoms with Crippen LogP contribution in [0.1, 0.15) is 54.0 Å². The van der Waals surface area contributed by atoms with Crippen LogP contribution in [-0.4, -0.2) is 24.5 Å². The van der Waals surface area contributed by atoms with E-state index in [9.17, 15) is 4.79 Å². The first kappa shape index (κ1) is 17.5. The normalized spacial score (nSPS) is 18.2. The van der Waals surface area contributed by atoms with Crippen LogP contribution in [0, 0.1) is 13.8 Å². The molecule has 3 nitrogen and oxygen atoms in total. The van der Waals surface area contributed by atoms with Crippen LogP contribution in [0.15, 0.2) is 42.5 Å². The molecule has 2 atom stereocenters. The van der Waals surface area contributed by atoms with E-state index in [2.05, 4.69) is 36.9 Å². The van der Waals surface area contributed by atoms with Crippen LogP contribution < -0.4 is 4.74 Å². The van der Waals surface area contributed by atoms with Crippen molar-refractivity contribution in [1.82, 2.24) is 4.90 Å². The average molecular weight is 337 g/mol. The number of rotatable bonds is 4. The lowest BCUT2D eigenvalue weighted by Crippen LogP contribution is -2.33. The number of benzene rings is 2. The fourth-order valence-electron chi connectivity index (χ4n) is 3.86. The van der Waals surface area contributed by atoms with Crippen molar-refractivity contribution in [2.75, 3.05) is 13.7 Å². The number of ether oxygens (including phenoxy) is 1. The lowest BCUT2D eigenvalue weighted by molar-refractivity contribution is -0.133. The number of carbonyl (C=O) groups is 1. The van der Waals surface area contributed by atoms with E-state index >= 15 is 0 Å². The SMILES string of the molecule is COc1ccc(C(C)C(=O)N2CCCC2c2cc(C)cc(C)c2)cc1. The first-order valence-electron chi connectivity index (χ1n) is 9.02. The Bertz CT molecular complexity index is 731. The number of hydrogen-bond acceptors (Lipinski definition) is 2. The highest BCUT2D eigenvalue weighted by molar-refractivity contribution is 5.84. The Kier molecular flexibility index (Phi) is 5.12. The second kappa shape index (κ2) is 7.30. The number of nitrogens with zero attached hydrogens (tertiary/aromatic N) is 1. The van der Waals surface area contributed by atoms with Gasteiger partial charge in [0.15, 0.2) is 0 Å². The number of methoxy groups -OCH3 is 1. The van der Waals surface area contributed by atoms with Gasteiger partial charge >= 0.3 is 0 Å². The number of amides is 1. The Labute approximate surface area is 150 Å². The third-order valence-electron chi connectivity index (χ3n) is 5.15. The van der Waals surface area contributed by atoms with Crippen molar-refractivity contribution in [3.05, 3.63) is 64.7 Å². The van der Waals surface area contributed by atoms with Gasteiger partial charge in [-0.1, -0.05) is 41.5 Å². The molecule has 2 aromatic rings. The number of carbonyl (C=O) groups excluding carboxylic acids is 1. The molecular formula is C22H27NO2. The zero-order valence-corrected chi connectivity index (χ0v) is 15.6. The lowest BCUT2D eigenvalue weighted by Gasteiger charge is -2.28. The van der Waals surface area contributed by atoms with Crippen LogP contribution >= 0.6 is 0 Å². The first-order chi connectivity index (χ1) is 12.0. The van der Waals surface area contributed by atoms with Crippen LogP contribution in [0.25, 0.3) is 0 Å². The molecule has 2 unspecified atom stereocenters. The Morgan fingerprint density at radius 1 is 1.12 bits per heavy atom. The van der Waals surface area contributed by atoms with Crippen molar-refractivity contribution in [2.45, 2.75) is 45.6 Å². The van der Waals surface area contributed by atoms with E-state index < -0.39 is 0 Å². The van der Waals surface area contributed by atoms with E-state index in [0.717, 1.165) is 30.7 Å². The van der Waals surface area contributed by atoms with Gasteiger partial charge in [-0.2, -0.15) is 0 Å². The molecule has 0 N–H and O–H groups in total. The molecule has 1 amide bonds. The number of likely N-dealkylation sites (tertiary alicyclic amines) is 1. The molecule has 0 aromatic heterocycles. The van der Waals surface area contributed by atoms with Crippen molar-refractivity contribution in [3.8, 4) is 5.75 Å². The van der Waals surface area contributed by atoms with Crippen molar-refractivity contribution in [1.29, 1.82) is 0 Å². The van der Waals surface area contributed by atoms with Crippen molar-refractivity contribution in [3.63, 3.8) is 0 Å². The van der Waals surface area contributed by atoms with Gasteiger partial charge in [-0.15, -0.1) is 0 Å². The Hall–Kier alpha value is -2.29. The highest BCUT2D eigenvalue weighted by Crippen LogP contribution is 2.35. The number of hydrogen-bond donors (Lipinski definition) is 0. The maximum atomic E-state index is 13.1. The van der Waals surface area contributed by atoms with E-state index in [0.29, 0.717) is 0 Å². The average Bonchev–Trinajstić information content (AvgIpc) is 3.09. The summed E-state index contributed by atoms with van der Waals surface area (Å²) in [7, 11) is 1.66. The molecule has 0 aliphatic carbocycles. The van der Waals surface area contributed by atoms with Gasteiger partial charge in [0.25, 0.3) is 0 Å². The summed E-state index contributed by atoms with van der Waals surface area (Å²) >= 11 is 0. The lowest BCUT2D eigenvalue weighted by atomic mass is 9.96. The summed E-state index contributed by atoms with van der Waals surface area (Å²) in [6.45, 7) is 7.09. The van der Waals surface area contributed by atoms with Crippen molar-refractivity contribution in [2.24, 2.45) is 0 Å². The van der Waals surface area contributed by atoms with E-state index in [1.807, 2.05) is 31.2 Å². The van der Waals surface area contributed by atoms with Crippen molar-refractivity contribution >= 4 is 5.91 Å². The molecule has 1 aliphatic heterocycles. The molecule has 3 heteroatoms. The summed E-state index contributed by atoms with van der Waals surface area (Å²) in [4.78, 5) is 15.2. The smallest absolute Gasteiger partial charge is 0.230 e. The van der Waals surface area contributed by atoms with E-state index in [1.165, 1.54) is 16.7 Å². The van der Waals surface area contributed by atoms with E-state index in [-0.39, 0.29) is 17.9 Å². The topological polar surface area (TPSA) is 29.5 Å². The second-order valence-corrected chi connectivity index (χ2v) is 7.11. The minimum Gasteiger partial charge on any atom is -0.497 e. The quantitative estimate of drug-likeness (QED) is 0.803. The molecule has 25 heavy (non-hydrogen) atoms. The molecule has 2 aromatic carbocycles. The Morgan fingerprint density at radius 3 is 2.36 bits per heavy atom. The van der Waals surface area contributed by atoms with Crippen LogP contribution in [-0.2, 0) is 4.79 Å². The minimum absolute atomic E-state index is 0.141. The summed E-state index contributed by atoms with van der Waals surface area (Å²) in [5.74, 6) is 0.891. The van der Waals surface area contributed by atoms with Gasteiger partial charge in [0, 0.05) is 6.54 Å².